The summed E-state index contributed by atoms with van der Waals surface area (Å²) in [6.07, 6.45) is -0.605. The molecule has 1 saturated carbocycles. The fraction of sp³-hybridized carbons (Fsp3) is 0.677. The lowest BCUT2D eigenvalue weighted by Crippen LogP contribution is -2.47. The maximum absolute atomic E-state index is 14.7. The molecule has 3 aromatic rings. The molecule has 3 aliphatic rings. The summed E-state index contributed by atoms with van der Waals surface area (Å²) in [7, 11) is 0. The maximum Gasteiger partial charge on any atom is 0.393 e. The first-order valence-corrected chi connectivity index (χ1v) is 16.2. The minimum Gasteiger partial charge on any atom is -0.381 e. The second kappa shape index (κ2) is 13.1. The van der Waals surface area contributed by atoms with Crippen molar-refractivity contribution in [1.29, 1.82) is 0 Å². The average Bonchev–Trinajstić information content (AvgIpc) is 3.67. The molecule has 2 amide bonds. The molecule has 47 heavy (non-hydrogen) atoms. The Labute approximate surface area is 268 Å². The molecule has 256 valence electrons. The number of fused-ring (bicyclic) bond motifs is 1. The molecule has 0 spiro atoms. The Morgan fingerprint density at radius 1 is 1.19 bits per heavy atom. The topological polar surface area (TPSA) is 128 Å². The van der Waals surface area contributed by atoms with Gasteiger partial charge in [0.1, 0.15) is 5.69 Å². The largest absolute Gasteiger partial charge is 0.393 e. The van der Waals surface area contributed by atoms with E-state index in [-0.39, 0.29) is 49.1 Å². The number of ether oxygens (including phenoxy) is 1. The van der Waals surface area contributed by atoms with E-state index in [2.05, 4.69) is 20.7 Å². The predicted molar refractivity (Wildman–Crippen MR) is 158 cm³/mol. The van der Waals surface area contributed by atoms with Crippen molar-refractivity contribution in [3.8, 4) is 0 Å². The first-order valence-electron chi connectivity index (χ1n) is 16.2. The quantitative estimate of drug-likeness (QED) is 0.326. The fourth-order valence-corrected chi connectivity index (χ4v) is 7.08. The zero-order valence-electron chi connectivity index (χ0n) is 26.3. The van der Waals surface area contributed by atoms with Crippen LogP contribution in [0.15, 0.2) is 18.5 Å². The summed E-state index contributed by atoms with van der Waals surface area (Å²) < 4.78 is 78.6. The van der Waals surface area contributed by atoms with E-state index in [1.54, 1.807) is 10.7 Å². The Kier molecular flexibility index (Phi) is 9.24. The van der Waals surface area contributed by atoms with Crippen LogP contribution in [0.3, 0.4) is 0 Å². The molecular formula is C31H39F5N8O3. The molecule has 0 radical (unpaired) electrons. The fourth-order valence-electron chi connectivity index (χ4n) is 7.08. The SMILES string of the molecule is CC(C)n1nccc1C(=O)N[C@H](c1cn2nc(C[C@H]3C[C@@H](C(F)(F)F)CNC3=O)c(C3CCOCC3)nc2n1)[C@H]1CCCC(F)(F)C1. The number of amides is 2. The Hall–Kier alpha value is -3.69. The van der Waals surface area contributed by atoms with Gasteiger partial charge in [0.25, 0.3) is 11.7 Å². The predicted octanol–water partition coefficient (Wildman–Crippen LogP) is 4.95. The Morgan fingerprint density at radius 2 is 1.96 bits per heavy atom. The van der Waals surface area contributed by atoms with E-state index in [0.717, 1.165) is 0 Å². The lowest BCUT2D eigenvalue weighted by Gasteiger charge is -2.34. The number of rotatable bonds is 8. The third-order valence-corrected chi connectivity index (χ3v) is 9.55. The summed E-state index contributed by atoms with van der Waals surface area (Å²) >= 11 is 0. The van der Waals surface area contributed by atoms with Crippen LogP contribution in [-0.4, -0.2) is 73.0 Å². The van der Waals surface area contributed by atoms with Gasteiger partial charge in [0.05, 0.1) is 35.2 Å². The van der Waals surface area contributed by atoms with Crippen molar-refractivity contribution in [2.45, 2.75) is 95.3 Å². The van der Waals surface area contributed by atoms with Gasteiger partial charge < -0.3 is 15.4 Å². The standard InChI is InChI=1S/C31H39F5N8O3/c1-17(2)44-24(5-9-38-44)28(46)40-26(19-4-3-8-30(32,33)14-19)23-16-43-29(39-23)41-25(18-6-10-47-11-7-18)22(42-43)13-20-12-21(31(34,35)36)15-37-27(20)45/h5,9,16-21,26H,3-4,6-8,10-15H2,1-2H3,(H,37,45)(H,40,46)/t19-,20+,21+,26-/m0/s1. The molecule has 4 atom stereocenters. The van der Waals surface area contributed by atoms with Crippen LogP contribution in [0.4, 0.5) is 22.0 Å². The van der Waals surface area contributed by atoms with E-state index in [1.165, 1.54) is 16.9 Å². The van der Waals surface area contributed by atoms with Crippen LogP contribution in [0, 0.1) is 17.8 Å². The van der Waals surface area contributed by atoms with Gasteiger partial charge in [-0.3, -0.25) is 14.3 Å². The summed E-state index contributed by atoms with van der Waals surface area (Å²) in [5.74, 6) is -7.09. The molecule has 5 heterocycles. The smallest absolute Gasteiger partial charge is 0.381 e. The van der Waals surface area contributed by atoms with Crippen LogP contribution in [0.5, 0.6) is 0 Å². The third kappa shape index (κ3) is 7.26. The molecular weight excluding hydrogens is 627 g/mol. The van der Waals surface area contributed by atoms with E-state index in [1.807, 2.05) is 13.8 Å². The molecule has 11 nitrogen and oxygen atoms in total. The van der Waals surface area contributed by atoms with E-state index >= 15 is 0 Å². The van der Waals surface area contributed by atoms with Gasteiger partial charge in [-0.05, 0) is 57.9 Å². The van der Waals surface area contributed by atoms with Crippen molar-refractivity contribution in [2.24, 2.45) is 17.8 Å². The van der Waals surface area contributed by atoms with Crippen molar-refractivity contribution in [2.75, 3.05) is 19.8 Å². The van der Waals surface area contributed by atoms with Crippen molar-refractivity contribution >= 4 is 17.6 Å². The van der Waals surface area contributed by atoms with Crippen LogP contribution < -0.4 is 10.6 Å². The highest BCUT2D eigenvalue weighted by molar-refractivity contribution is 5.92. The Bertz CT molecular complexity index is 1600. The lowest BCUT2D eigenvalue weighted by atomic mass is 9.80. The number of carbonyl (C=O) groups is 2. The van der Waals surface area contributed by atoms with E-state index in [4.69, 9.17) is 14.8 Å². The number of piperidine rings is 1. The number of alkyl halides is 5. The summed E-state index contributed by atoms with van der Waals surface area (Å²) in [6, 6.07) is 0.539. The van der Waals surface area contributed by atoms with Crippen molar-refractivity contribution in [1.82, 2.24) is 40.0 Å². The van der Waals surface area contributed by atoms with Crippen LogP contribution in [-0.2, 0) is 16.0 Å². The number of imidazole rings is 1. The van der Waals surface area contributed by atoms with Crippen molar-refractivity contribution in [3.63, 3.8) is 0 Å². The van der Waals surface area contributed by atoms with Crippen molar-refractivity contribution in [3.05, 3.63) is 41.2 Å². The first kappa shape index (κ1) is 33.2. The van der Waals surface area contributed by atoms with Crippen LogP contribution in [0.1, 0.15) is 104 Å². The molecule has 3 aromatic heterocycles. The van der Waals surface area contributed by atoms with Gasteiger partial charge in [-0.2, -0.15) is 23.4 Å². The Morgan fingerprint density at radius 3 is 2.66 bits per heavy atom. The van der Waals surface area contributed by atoms with Gasteiger partial charge in [-0.15, -0.1) is 0 Å². The lowest BCUT2D eigenvalue weighted by molar-refractivity contribution is -0.183. The number of hydrogen-bond acceptors (Lipinski definition) is 7. The van der Waals surface area contributed by atoms with Gasteiger partial charge in [0, 0.05) is 63.1 Å². The monoisotopic (exact) mass is 666 g/mol. The highest BCUT2D eigenvalue weighted by Gasteiger charge is 2.45. The number of carbonyl (C=O) groups excluding carboxylic acids is 2. The normalized spacial score (nSPS) is 24.8. The van der Waals surface area contributed by atoms with Gasteiger partial charge in [-0.25, -0.2) is 23.3 Å². The van der Waals surface area contributed by atoms with Gasteiger partial charge in [-0.1, -0.05) is 0 Å². The number of halogens is 5. The zero-order chi connectivity index (χ0) is 33.5. The van der Waals surface area contributed by atoms with Crippen molar-refractivity contribution < 1.29 is 36.3 Å². The molecule has 2 saturated heterocycles. The first-order chi connectivity index (χ1) is 22.3. The molecule has 1 aliphatic carbocycles. The number of hydrogen-bond donors (Lipinski definition) is 2. The molecule has 2 aliphatic heterocycles. The van der Waals surface area contributed by atoms with Gasteiger partial charge >= 0.3 is 6.18 Å². The molecule has 2 N–H and O–H groups in total. The van der Waals surface area contributed by atoms with Gasteiger partial charge in [0.2, 0.25) is 11.8 Å². The summed E-state index contributed by atoms with van der Waals surface area (Å²) in [5, 5.41) is 14.3. The minimum atomic E-state index is -4.45. The molecule has 6 rings (SSSR count). The summed E-state index contributed by atoms with van der Waals surface area (Å²) in [5.41, 5.74) is 1.48. The van der Waals surface area contributed by atoms with Crippen LogP contribution >= 0.6 is 0 Å². The summed E-state index contributed by atoms with van der Waals surface area (Å²) in [6.45, 7) is 4.21. The average molecular weight is 667 g/mol. The van der Waals surface area contributed by atoms with Gasteiger partial charge in [0.15, 0.2) is 0 Å². The Balaban J connectivity index is 1.37. The second-order valence-corrected chi connectivity index (χ2v) is 13.3. The van der Waals surface area contributed by atoms with Crippen LogP contribution in [0.2, 0.25) is 0 Å². The molecule has 0 aromatic carbocycles. The third-order valence-electron chi connectivity index (χ3n) is 9.55. The minimum absolute atomic E-state index is 0.0598. The number of nitrogens with zero attached hydrogens (tertiary/aromatic N) is 6. The molecule has 0 bridgehead atoms. The van der Waals surface area contributed by atoms with Crippen LogP contribution in [0.25, 0.3) is 5.78 Å². The highest BCUT2D eigenvalue weighted by Crippen LogP contribution is 2.42. The van der Waals surface area contributed by atoms with E-state index < -0.39 is 60.7 Å². The second-order valence-electron chi connectivity index (χ2n) is 13.3. The molecule has 0 unspecified atom stereocenters. The van der Waals surface area contributed by atoms with E-state index in [9.17, 15) is 31.5 Å². The maximum atomic E-state index is 14.7. The highest BCUT2D eigenvalue weighted by atomic mass is 19.4. The molecule has 16 heteroatoms. The number of nitrogens with one attached hydrogen (secondary N) is 2. The summed E-state index contributed by atoms with van der Waals surface area (Å²) in [4.78, 5) is 35.8. The number of aromatic nitrogens is 6. The van der Waals surface area contributed by atoms with E-state index in [0.29, 0.717) is 49.6 Å². The molecule has 3 fully saturated rings. The zero-order valence-corrected chi connectivity index (χ0v) is 26.3.